The zero-order chi connectivity index (χ0) is 15.2. The largest absolute Gasteiger partial charge is 0.289 e. The van der Waals surface area contributed by atoms with Crippen LogP contribution in [0.15, 0.2) is 42.5 Å². The summed E-state index contributed by atoms with van der Waals surface area (Å²) in [7, 11) is 0. The van der Waals surface area contributed by atoms with Crippen molar-refractivity contribution in [3.63, 3.8) is 0 Å². The van der Waals surface area contributed by atoms with Gasteiger partial charge in [-0.1, -0.05) is 44.2 Å². The molecule has 1 aliphatic rings. The zero-order valence-electron chi connectivity index (χ0n) is 11.9. The molecule has 0 unspecified atom stereocenters. The van der Waals surface area contributed by atoms with Crippen LogP contribution in [0.2, 0.25) is 0 Å². The minimum Gasteiger partial charge on any atom is -0.289 e. The lowest BCUT2D eigenvalue weighted by Crippen LogP contribution is -2.14. The van der Waals surface area contributed by atoms with Crippen molar-refractivity contribution in [1.82, 2.24) is 0 Å². The number of benzene rings is 2. The number of ketones is 1. The summed E-state index contributed by atoms with van der Waals surface area (Å²) in [5.41, 5.74) is 4.19. The van der Waals surface area contributed by atoms with Crippen molar-refractivity contribution >= 4 is 22.6 Å². The molecule has 1 aliphatic carbocycles. The van der Waals surface area contributed by atoms with Crippen LogP contribution in [0, 0.1) is 0 Å². The Hall–Kier alpha value is -1.93. The Balaban J connectivity index is 1.94. The van der Waals surface area contributed by atoms with Gasteiger partial charge in [-0.15, -0.1) is 0 Å². The second-order valence-corrected chi connectivity index (χ2v) is 6.46. The summed E-state index contributed by atoms with van der Waals surface area (Å²) < 4.78 is 0. The van der Waals surface area contributed by atoms with E-state index >= 15 is 0 Å². The van der Waals surface area contributed by atoms with Gasteiger partial charge in [0.15, 0.2) is 5.78 Å². The molecule has 0 aromatic heterocycles. The Kier molecular flexibility index (Phi) is 3.22. The fourth-order valence-corrected chi connectivity index (χ4v) is 2.99. The van der Waals surface area contributed by atoms with Gasteiger partial charge in [0, 0.05) is 16.7 Å². The molecule has 3 heteroatoms. The zero-order valence-corrected chi connectivity index (χ0v) is 12.7. The first-order valence-corrected chi connectivity index (χ1v) is 7.24. The van der Waals surface area contributed by atoms with Crippen LogP contribution in [0.1, 0.15) is 51.3 Å². The maximum absolute atomic E-state index is 12.6. The van der Waals surface area contributed by atoms with Gasteiger partial charge in [-0.25, -0.2) is 0 Å². The van der Waals surface area contributed by atoms with Crippen LogP contribution in [0.3, 0.4) is 0 Å². The van der Waals surface area contributed by atoms with Crippen LogP contribution >= 0.6 is 11.6 Å². The molecule has 2 aromatic rings. The predicted molar refractivity (Wildman–Crippen MR) is 83.2 cm³/mol. The molecule has 21 heavy (non-hydrogen) atoms. The normalized spacial score (nSPS) is 15.0. The summed E-state index contributed by atoms with van der Waals surface area (Å²) in [6.07, 6.45) is 0.884. The molecule has 0 atom stereocenters. The van der Waals surface area contributed by atoms with E-state index in [1.807, 2.05) is 12.1 Å². The van der Waals surface area contributed by atoms with E-state index in [4.69, 9.17) is 11.6 Å². The highest BCUT2D eigenvalue weighted by molar-refractivity contribution is 6.67. The molecule has 3 rings (SSSR count). The topological polar surface area (TPSA) is 34.1 Å². The number of carbonyl (C=O) groups is 2. The lowest BCUT2D eigenvalue weighted by atomic mass is 9.87. The molecule has 0 saturated heterocycles. The van der Waals surface area contributed by atoms with Gasteiger partial charge in [-0.3, -0.25) is 9.59 Å². The molecular weight excluding hydrogens is 284 g/mol. The van der Waals surface area contributed by atoms with Gasteiger partial charge in [0.2, 0.25) is 0 Å². The van der Waals surface area contributed by atoms with Crippen molar-refractivity contribution in [2.45, 2.75) is 25.7 Å². The quantitative estimate of drug-likeness (QED) is 0.630. The van der Waals surface area contributed by atoms with Crippen LogP contribution in [0.4, 0.5) is 0 Å². The third kappa shape index (κ3) is 2.40. The molecule has 0 spiro atoms. The molecule has 0 fully saturated rings. The van der Waals surface area contributed by atoms with Crippen molar-refractivity contribution in [1.29, 1.82) is 0 Å². The van der Waals surface area contributed by atoms with Crippen LogP contribution < -0.4 is 0 Å². The molecule has 0 saturated carbocycles. The van der Waals surface area contributed by atoms with E-state index in [2.05, 4.69) is 19.9 Å². The van der Waals surface area contributed by atoms with Crippen molar-refractivity contribution < 1.29 is 9.59 Å². The molecule has 0 radical (unpaired) electrons. The van der Waals surface area contributed by atoms with E-state index in [1.165, 1.54) is 5.56 Å². The third-order valence-corrected chi connectivity index (χ3v) is 4.36. The van der Waals surface area contributed by atoms with E-state index in [1.54, 1.807) is 24.3 Å². The third-order valence-electron chi connectivity index (χ3n) is 4.14. The van der Waals surface area contributed by atoms with E-state index in [0.29, 0.717) is 11.1 Å². The Bertz CT molecular complexity index is 742. The number of rotatable bonds is 3. The fraction of sp³-hybridized carbons (Fsp3) is 0.222. The molecule has 0 amide bonds. The number of hydrogen-bond acceptors (Lipinski definition) is 2. The van der Waals surface area contributed by atoms with Gasteiger partial charge in [-0.2, -0.15) is 0 Å². The Morgan fingerprint density at radius 3 is 2.24 bits per heavy atom. The van der Waals surface area contributed by atoms with Crippen molar-refractivity contribution in [2.75, 3.05) is 0 Å². The van der Waals surface area contributed by atoms with Gasteiger partial charge >= 0.3 is 0 Å². The van der Waals surface area contributed by atoms with E-state index in [0.717, 1.165) is 17.5 Å². The minimum absolute atomic E-state index is 0.0113. The van der Waals surface area contributed by atoms with E-state index in [9.17, 15) is 9.59 Å². The van der Waals surface area contributed by atoms with Gasteiger partial charge in [0.05, 0.1) is 0 Å². The first-order chi connectivity index (χ1) is 9.88. The lowest BCUT2D eigenvalue weighted by Gasteiger charge is -2.17. The molecule has 2 bridgehead atoms. The number of halogens is 1. The number of hydrogen-bond donors (Lipinski definition) is 0. The van der Waals surface area contributed by atoms with Crippen molar-refractivity contribution in [3.8, 4) is 0 Å². The standard InChI is InChI=1S/C18H15ClO2/c1-18(2)10-13-9-14(18)7-8-15(13)16(20)11-3-5-12(6-4-11)17(19)21/h3-9H,10H2,1-2H3. The van der Waals surface area contributed by atoms with Gasteiger partial charge < -0.3 is 0 Å². The summed E-state index contributed by atoms with van der Waals surface area (Å²) in [5, 5.41) is -0.515. The molecular formula is C18H15ClO2. The summed E-state index contributed by atoms with van der Waals surface area (Å²) in [6.45, 7) is 4.37. The molecule has 0 aliphatic heterocycles. The summed E-state index contributed by atoms with van der Waals surface area (Å²) in [6, 6.07) is 12.5. The highest BCUT2D eigenvalue weighted by atomic mass is 35.5. The second-order valence-electron chi connectivity index (χ2n) is 6.11. The predicted octanol–water partition coefficient (Wildman–Crippen LogP) is 4.13. The lowest BCUT2D eigenvalue weighted by molar-refractivity contribution is 0.103. The summed E-state index contributed by atoms with van der Waals surface area (Å²) >= 11 is 5.41. The van der Waals surface area contributed by atoms with Crippen LogP contribution in [-0.2, 0) is 11.8 Å². The smallest absolute Gasteiger partial charge is 0.252 e. The van der Waals surface area contributed by atoms with E-state index < -0.39 is 5.24 Å². The summed E-state index contributed by atoms with van der Waals surface area (Å²) in [4.78, 5) is 23.7. The fourth-order valence-electron chi connectivity index (χ4n) is 2.87. The summed E-state index contributed by atoms with van der Waals surface area (Å²) in [5.74, 6) is -0.0113. The SMILES string of the molecule is CC1(C)Cc2cc1ccc2C(=O)c1ccc(C(=O)Cl)cc1. The van der Waals surface area contributed by atoms with Crippen molar-refractivity contribution in [2.24, 2.45) is 0 Å². The molecule has 2 aromatic carbocycles. The van der Waals surface area contributed by atoms with Crippen LogP contribution in [-0.4, -0.2) is 11.0 Å². The number of carbonyl (C=O) groups excluding carboxylic acids is 2. The average molecular weight is 299 g/mol. The first-order valence-electron chi connectivity index (χ1n) is 6.86. The first kappa shape index (κ1) is 14.0. The van der Waals surface area contributed by atoms with Gasteiger partial charge in [0.1, 0.15) is 0 Å². The van der Waals surface area contributed by atoms with Gasteiger partial charge in [-0.05, 0) is 46.7 Å². The highest BCUT2D eigenvalue weighted by Crippen LogP contribution is 2.37. The monoisotopic (exact) mass is 298 g/mol. The maximum Gasteiger partial charge on any atom is 0.252 e. The molecule has 106 valence electrons. The second kappa shape index (κ2) is 4.81. The minimum atomic E-state index is -0.515. The Morgan fingerprint density at radius 1 is 1.00 bits per heavy atom. The molecule has 0 N–H and O–H groups in total. The molecule has 0 heterocycles. The number of fused-ring (bicyclic) bond motifs is 2. The van der Waals surface area contributed by atoms with Gasteiger partial charge in [0.25, 0.3) is 5.24 Å². The van der Waals surface area contributed by atoms with Crippen LogP contribution in [0.5, 0.6) is 0 Å². The Morgan fingerprint density at radius 2 is 1.62 bits per heavy atom. The Labute approximate surface area is 128 Å². The average Bonchev–Trinajstić information content (AvgIpc) is 2.68. The highest BCUT2D eigenvalue weighted by Gasteiger charge is 2.30. The van der Waals surface area contributed by atoms with Crippen molar-refractivity contribution in [3.05, 3.63) is 70.3 Å². The van der Waals surface area contributed by atoms with E-state index in [-0.39, 0.29) is 11.2 Å². The van der Waals surface area contributed by atoms with Crippen LogP contribution in [0.25, 0.3) is 0 Å². The molecule has 2 nitrogen and oxygen atoms in total. The maximum atomic E-state index is 12.6.